The van der Waals surface area contributed by atoms with Crippen LogP contribution in [0.2, 0.25) is 0 Å². The van der Waals surface area contributed by atoms with Crippen molar-refractivity contribution in [3.63, 3.8) is 0 Å². The van der Waals surface area contributed by atoms with Gasteiger partial charge in [-0.1, -0.05) is 66.3 Å². The van der Waals surface area contributed by atoms with Crippen molar-refractivity contribution in [3.8, 4) is 12.3 Å². The molecule has 3 aromatic rings. The van der Waals surface area contributed by atoms with Crippen LogP contribution in [0.25, 0.3) is 21.5 Å². The summed E-state index contributed by atoms with van der Waals surface area (Å²) in [7, 11) is 0. The molecule has 3 aromatic carbocycles. The molecule has 0 bridgehead atoms. The summed E-state index contributed by atoms with van der Waals surface area (Å²) in [6.45, 7) is 0. The molecule has 2 heteroatoms. The summed E-state index contributed by atoms with van der Waals surface area (Å²) in [5.41, 5.74) is 1.30. The summed E-state index contributed by atoms with van der Waals surface area (Å²) in [5, 5.41) is 5.32. The Labute approximate surface area is 174 Å². The number of alkyl halides is 1. The van der Waals surface area contributed by atoms with Gasteiger partial charge >= 0.3 is 0 Å². The maximum atomic E-state index is 5.52. The summed E-state index contributed by atoms with van der Waals surface area (Å²) < 4.78 is 0. The van der Waals surface area contributed by atoms with E-state index in [0.29, 0.717) is 0 Å². The summed E-state index contributed by atoms with van der Waals surface area (Å²) in [4.78, 5) is 0. The molecule has 1 aliphatic carbocycles. The molecule has 0 amide bonds. The second kappa shape index (κ2) is 8.75. The minimum atomic E-state index is -0.0593. The summed E-state index contributed by atoms with van der Waals surface area (Å²) in [5.74, 6) is 2.80. The van der Waals surface area contributed by atoms with E-state index in [1.165, 1.54) is 33.5 Å². The molecule has 0 nitrogen and oxygen atoms in total. The molecule has 0 fully saturated rings. The van der Waals surface area contributed by atoms with Crippen LogP contribution in [-0.4, -0.2) is 6.38 Å². The van der Waals surface area contributed by atoms with Crippen LogP contribution in [0, 0.1) is 12.3 Å². The summed E-state index contributed by atoms with van der Waals surface area (Å²) in [6.07, 6.45) is 17.6. The topological polar surface area (TPSA) is 0 Å². The Kier molecular flexibility index (Phi) is 6.95. The Morgan fingerprint density at radius 1 is 1.00 bits per heavy atom. The zero-order valence-electron chi connectivity index (χ0n) is 14.3. The van der Waals surface area contributed by atoms with Crippen molar-refractivity contribution in [2.75, 3.05) is 6.38 Å². The van der Waals surface area contributed by atoms with Crippen molar-refractivity contribution in [2.45, 2.75) is 18.3 Å². The van der Waals surface area contributed by atoms with Gasteiger partial charge in [-0.05, 0) is 6.42 Å². The fourth-order valence-electron chi connectivity index (χ4n) is 3.66. The largest absolute Gasteiger partial charge is 0.130 e. The SMILES string of the molecule is C#CCCC1(c2cccc3c2[cH-]c2ccccc23)C=CC=C1.CCl.[Zr]. The van der Waals surface area contributed by atoms with Gasteiger partial charge in [-0.25, -0.2) is 0 Å². The van der Waals surface area contributed by atoms with Crippen LogP contribution in [0.1, 0.15) is 18.4 Å². The summed E-state index contributed by atoms with van der Waals surface area (Å²) in [6, 6.07) is 17.6. The van der Waals surface area contributed by atoms with Crippen molar-refractivity contribution in [1.82, 2.24) is 0 Å². The fourth-order valence-corrected chi connectivity index (χ4v) is 3.66. The molecule has 0 heterocycles. The molecule has 25 heavy (non-hydrogen) atoms. The maximum absolute atomic E-state index is 5.52. The number of benzene rings is 2. The molecule has 0 unspecified atom stereocenters. The summed E-state index contributed by atoms with van der Waals surface area (Å²) >= 11 is 4.64. The molecule has 0 aliphatic heterocycles. The van der Waals surface area contributed by atoms with Gasteiger partial charge in [0, 0.05) is 44.4 Å². The van der Waals surface area contributed by atoms with E-state index < -0.39 is 0 Å². The second-order valence-corrected chi connectivity index (χ2v) is 5.96. The van der Waals surface area contributed by atoms with Crippen LogP contribution in [0.5, 0.6) is 0 Å². The third kappa shape index (κ3) is 3.57. The van der Waals surface area contributed by atoms with Crippen molar-refractivity contribution in [3.05, 3.63) is 78.4 Å². The van der Waals surface area contributed by atoms with Crippen LogP contribution >= 0.6 is 11.6 Å². The first-order valence-corrected chi connectivity index (χ1v) is 8.86. The quantitative estimate of drug-likeness (QED) is 0.262. The van der Waals surface area contributed by atoms with Gasteiger partial charge in [-0.15, -0.1) is 57.6 Å². The number of rotatable bonds is 3. The number of allylic oxidation sites excluding steroid dienone is 4. The van der Waals surface area contributed by atoms with Crippen LogP contribution < -0.4 is 0 Å². The van der Waals surface area contributed by atoms with Crippen molar-refractivity contribution in [2.24, 2.45) is 0 Å². The number of hydrogen-bond acceptors (Lipinski definition) is 0. The van der Waals surface area contributed by atoms with Gasteiger partial charge in [0.2, 0.25) is 0 Å². The van der Waals surface area contributed by atoms with E-state index in [1.54, 1.807) is 0 Å². The van der Waals surface area contributed by atoms with Crippen LogP contribution in [-0.2, 0) is 31.6 Å². The number of terminal acetylenes is 1. The Hall–Kier alpha value is -1.48. The van der Waals surface area contributed by atoms with Gasteiger partial charge in [-0.2, -0.15) is 0 Å². The van der Waals surface area contributed by atoms with Crippen LogP contribution in [0.4, 0.5) is 0 Å². The molecule has 124 valence electrons. The fraction of sp³-hybridized carbons (Fsp3) is 0.174. The Balaban J connectivity index is 0.000000726. The van der Waals surface area contributed by atoms with E-state index in [4.69, 9.17) is 6.42 Å². The van der Waals surface area contributed by atoms with Gasteiger partial charge < -0.3 is 0 Å². The normalized spacial score (nSPS) is 14.0. The van der Waals surface area contributed by atoms with E-state index in [-0.39, 0.29) is 31.6 Å². The average Bonchev–Trinajstić information content (AvgIpc) is 3.27. The van der Waals surface area contributed by atoms with Crippen LogP contribution in [0.15, 0.2) is 72.8 Å². The first-order chi connectivity index (χ1) is 11.8. The van der Waals surface area contributed by atoms with Gasteiger partial charge in [0.1, 0.15) is 0 Å². The van der Waals surface area contributed by atoms with Crippen molar-refractivity contribution >= 4 is 33.1 Å². The third-order valence-electron chi connectivity index (χ3n) is 4.74. The molecular formula is C23H20ClZr-. The number of halogens is 1. The van der Waals surface area contributed by atoms with Gasteiger partial charge in [-0.3, -0.25) is 0 Å². The second-order valence-electron chi connectivity index (χ2n) is 5.96. The number of fused-ring (bicyclic) bond motifs is 3. The Morgan fingerprint density at radius 2 is 1.68 bits per heavy atom. The van der Waals surface area contributed by atoms with E-state index in [0.717, 1.165) is 12.8 Å². The Morgan fingerprint density at radius 3 is 2.40 bits per heavy atom. The smallest absolute Gasteiger partial charge is 0.0108 e. The van der Waals surface area contributed by atoms with Crippen molar-refractivity contribution in [1.29, 1.82) is 0 Å². The predicted molar refractivity (Wildman–Crippen MR) is 107 cm³/mol. The molecule has 0 N–H and O–H groups in total. The minimum Gasteiger partial charge on any atom is -0.130 e. The van der Waals surface area contributed by atoms with Gasteiger partial charge in [0.15, 0.2) is 0 Å². The van der Waals surface area contributed by atoms with E-state index in [2.05, 4.69) is 90.4 Å². The molecule has 0 radical (unpaired) electrons. The van der Waals surface area contributed by atoms with E-state index in [1.807, 2.05) is 0 Å². The molecule has 0 saturated carbocycles. The van der Waals surface area contributed by atoms with E-state index >= 15 is 0 Å². The molecule has 0 atom stereocenters. The molecule has 1 aliphatic rings. The first-order valence-electron chi connectivity index (χ1n) is 8.10. The molecule has 0 saturated heterocycles. The predicted octanol–water partition coefficient (Wildman–Crippen LogP) is 6.34. The zero-order valence-corrected chi connectivity index (χ0v) is 17.5. The van der Waals surface area contributed by atoms with Crippen molar-refractivity contribution < 1.29 is 26.2 Å². The molecular weight excluding hydrogens is 403 g/mol. The molecule has 0 aromatic heterocycles. The van der Waals surface area contributed by atoms with Gasteiger partial charge in [0.05, 0.1) is 0 Å². The van der Waals surface area contributed by atoms with Gasteiger partial charge in [0.25, 0.3) is 0 Å². The first kappa shape index (κ1) is 19.8. The monoisotopic (exact) mass is 421 g/mol. The maximum Gasteiger partial charge on any atom is 0.0108 e. The third-order valence-corrected chi connectivity index (χ3v) is 4.74. The molecule has 0 spiro atoms. The standard InChI is InChI=1S/C22H17.CH3Cl.Zr/c1-2-3-13-22(14-6-7-15-22)21-12-8-11-19-18-10-5-4-9-17(18)16-20(19)21;1-2;/h1,4-12,14-16H,3,13H2;1H3;/q-1;;. The Bertz CT molecular complexity index is 941. The molecule has 4 rings (SSSR count). The van der Waals surface area contributed by atoms with E-state index in [9.17, 15) is 0 Å². The minimum absolute atomic E-state index is 0. The number of hydrogen-bond donors (Lipinski definition) is 0. The zero-order chi connectivity index (χ0) is 17.0. The average molecular weight is 423 g/mol. The van der Waals surface area contributed by atoms with Crippen LogP contribution in [0.3, 0.4) is 0 Å².